The molecule has 0 aromatic rings. The van der Waals surface area contributed by atoms with E-state index >= 15 is 0 Å². The lowest BCUT2D eigenvalue weighted by molar-refractivity contribution is -0.129. The van der Waals surface area contributed by atoms with Gasteiger partial charge < -0.3 is 14.9 Å². The number of hydrogen-bond acceptors (Lipinski definition) is 3. The Balaban J connectivity index is 0. The van der Waals surface area contributed by atoms with Crippen molar-refractivity contribution < 1.29 is 14.9 Å². The smallest absolute Gasteiger partial charge is 0.0902 e. The van der Waals surface area contributed by atoms with Gasteiger partial charge in [0.05, 0.1) is 11.2 Å². The SMILES string of the molecule is CO.COC(C)(C)C(C)(C)O. The van der Waals surface area contributed by atoms with Gasteiger partial charge in [-0.15, -0.1) is 0 Å². The predicted octanol–water partition coefficient (Wildman–Crippen LogP) is 0.791. The van der Waals surface area contributed by atoms with Crippen molar-refractivity contribution in [2.24, 2.45) is 0 Å². The molecule has 2 N–H and O–H groups in total. The lowest BCUT2D eigenvalue weighted by Gasteiger charge is -2.35. The van der Waals surface area contributed by atoms with E-state index in [9.17, 15) is 5.11 Å². The summed E-state index contributed by atoms with van der Waals surface area (Å²) in [6, 6.07) is 0. The number of aliphatic hydroxyl groups excluding tert-OH is 1. The minimum Gasteiger partial charge on any atom is -0.400 e. The van der Waals surface area contributed by atoms with Gasteiger partial charge in [-0.05, 0) is 27.7 Å². The highest BCUT2D eigenvalue weighted by atomic mass is 16.5. The lowest BCUT2D eigenvalue weighted by atomic mass is 9.90. The van der Waals surface area contributed by atoms with Crippen molar-refractivity contribution in [3.05, 3.63) is 0 Å². The molecule has 0 bridgehead atoms. The van der Waals surface area contributed by atoms with Crippen LogP contribution >= 0.6 is 0 Å². The van der Waals surface area contributed by atoms with Crippen LogP contribution in [-0.2, 0) is 4.74 Å². The summed E-state index contributed by atoms with van der Waals surface area (Å²) in [6.45, 7) is 7.17. The molecule has 0 unspecified atom stereocenters. The van der Waals surface area contributed by atoms with E-state index in [2.05, 4.69) is 0 Å². The van der Waals surface area contributed by atoms with E-state index in [1.807, 2.05) is 13.8 Å². The van der Waals surface area contributed by atoms with E-state index in [4.69, 9.17) is 9.84 Å². The Kier molecular flexibility index (Phi) is 5.75. The molecule has 0 atom stereocenters. The first-order valence-electron chi connectivity index (χ1n) is 3.53. The van der Waals surface area contributed by atoms with Crippen LogP contribution in [-0.4, -0.2) is 35.6 Å². The number of ether oxygens (including phenoxy) is 1. The van der Waals surface area contributed by atoms with Crippen molar-refractivity contribution in [1.82, 2.24) is 0 Å². The van der Waals surface area contributed by atoms with Crippen LogP contribution in [0.3, 0.4) is 0 Å². The Morgan fingerprint density at radius 1 is 1.00 bits per heavy atom. The van der Waals surface area contributed by atoms with E-state index in [-0.39, 0.29) is 0 Å². The molecule has 0 amide bonds. The predicted molar refractivity (Wildman–Crippen MR) is 45.5 cm³/mol. The molecule has 0 rings (SSSR count). The number of rotatable bonds is 2. The van der Waals surface area contributed by atoms with Crippen molar-refractivity contribution in [2.75, 3.05) is 14.2 Å². The zero-order chi connectivity index (χ0) is 9.71. The molecule has 70 valence electrons. The molecule has 0 saturated heterocycles. The van der Waals surface area contributed by atoms with Gasteiger partial charge in [0.15, 0.2) is 0 Å². The summed E-state index contributed by atoms with van der Waals surface area (Å²) < 4.78 is 5.05. The topological polar surface area (TPSA) is 49.7 Å². The quantitative estimate of drug-likeness (QED) is 0.634. The maximum absolute atomic E-state index is 9.42. The van der Waals surface area contributed by atoms with Crippen molar-refractivity contribution in [3.8, 4) is 0 Å². The van der Waals surface area contributed by atoms with Crippen LogP contribution in [0, 0.1) is 0 Å². The Morgan fingerprint density at radius 2 is 1.27 bits per heavy atom. The fraction of sp³-hybridized carbons (Fsp3) is 1.00. The molecule has 11 heavy (non-hydrogen) atoms. The molecule has 0 aliphatic heterocycles. The highest BCUT2D eigenvalue weighted by Crippen LogP contribution is 2.23. The molecule has 0 heterocycles. The first-order chi connectivity index (χ1) is 4.81. The van der Waals surface area contributed by atoms with Crippen molar-refractivity contribution in [3.63, 3.8) is 0 Å². The monoisotopic (exact) mass is 164 g/mol. The third-order valence-corrected chi connectivity index (χ3v) is 1.98. The zero-order valence-electron chi connectivity index (χ0n) is 8.30. The van der Waals surface area contributed by atoms with Crippen LogP contribution < -0.4 is 0 Å². The third-order valence-electron chi connectivity index (χ3n) is 1.98. The van der Waals surface area contributed by atoms with Crippen LogP contribution in [0.5, 0.6) is 0 Å². The summed E-state index contributed by atoms with van der Waals surface area (Å²) in [7, 11) is 2.60. The highest BCUT2D eigenvalue weighted by Gasteiger charge is 2.34. The maximum atomic E-state index is 9.42. The fourth-order valence-corrected chi connectivity index (χ4v) is 0.250. The first kappa shape index (κ1) is 13.5. The van der Waals surface area contributed by atoms with Crippen LogP contribution in [0.15, 0.2) is 0 Å². The Hall–Kier alpha value is -0.120. The van der Waals surface area contributed by atoms with E-state index in [1.165, 1.54) is 0 Å². The Morgan fingerprint density at radius 3 is 1.27 bits per heavy atom. The van der Waals surface area contributed by atoms with Crippen molar-refractivity contribution in [1.29, 1.82) is 0 Å². The van der Waals surface area contributed by atoms with E-state index in [1.54, 1.807) is 21.0 Å². The molecule has 0 aromatic heterocycles. The molecule has 0 aliphatic rings. The van der Waals surface area contributed by atoms with Crippen molar-refractivity contribution >= 4 is 0 Å². The van der Waals surface area contributed by atoms with Crippen LogP contribution in [0.4, 0.5) is 0 Å². The van der Waals surface area contributed by atoms with Crippen LogP contribution in [0.2, 0.25) is 0 Å². The number of aliphatic hydroxyl groups is 2. The zero-order valence-corrected chi connectivity index (χ0v) is 8.30. The van der Waals surface area contributed by atoms with Gasteiger partial charge in [0, 0.05) is 14.2 Å². The second-order valence-corrected chi connectivity index (χ2v) is 3.27. The molecule has 0 radical (unpaired) electrons. The standard InChI is InChI=1S/C7H16O2.CH4O/c1-6(2,8)7(3,4)9-5;1-2/h8H,1-5H3;2H,1H3. The van der Waals surface area contributed by atoms with Gasteiger partial charge >= 0.3 is 0 Å². The summed E-state index contributed by atoms with van der Waals surface area (Å²) in [5, 5.41) is 16.4. The Labute approximate surface area is 69.0 Å². The van der Waals surface area contributed by atoms with Gasteiger partial charge in [0.25, 0.3) is 0 Å². The minimum atomic E-state index is -0.776. The summed E-state index contributed by atoms with van der Waals surface area (Å²) in [4.78, 5) is 0. The molecule has 0 aliphatic carbocycles. The summed E-state index contributed by atoms with van der Waals surface area (Å²) in [5.74, 6) is 0. The van der Waals surface area contributed by atoms with Crippen LogP contribution in [0.1, 0.15) is 27.7 Å². The Bertz CT molecular complexity index is 92.0. The minimum absolute atomic E-state index is 0.465. The molecule has 0 saturated carbocycles. The highest BCUT2D eigenvalue weighted by molar-refractivity contribution is 4.86. The van der Waals surface area contributed by atoms with Gasteiger partial charge in [-0.2, -0.15) is 0 Å². The molecular formula is C8H20O3. The lowest BCUT2D eigenvalue weighted by Crippen LogP contribution is -2.46. The summed E-state index contributed by atoms with van der Waals surface area (Å²) >= 11 is 0. The normalized spacial score (nSPS) is 12.0. The van der Waals surface area contributed by atoms with Crippen molar-refractivity contribution in [2.45, 2.75) is 38.9 Å². The molecule has 0 spiro atoms. The van der Waals surface area contributed by atoms with Crippen LogP contribution in [0.25, 0.3) is 0 Å². The fourth-order valence-electron chi connectivity index (χ4n) is 0.250. The summed E-state index contributed by atoms with van der Waals surface area (Å²) in [6.07, 6.45) is 0. The first-order valence-corrected chi connectivity index (χ1v) is 3.53. The van der Waals surface area contributed by atoms with E-state index in [0.717, 1.165) is 7.11 Å². The average Bonchev–Trinajstić information content (AvgIpc) is 1.90. The molecular weight excluding hydrogens is 144 g/mol. The third kappa shape index (κ3) is 4.35. The van der Waals surface area contributed by atoms with Gasteiger partial charge in [0.2, 0.25) is 0 Å². The van der Waals surface area contributed by atoms with E-state index in [0.29, 0.717) is 0 Å². The second-order valence-electron chi connectivity index (χ2n) is 3.27. The van der Waals surface area contributed by atoms with E-state index < -0.39 is 11.2 Å². The molecule has 3 nitrogen and oxygen atoms in total. The van der Waals surface area contributed by atoms with Gasteiger partial charge in [-0.25, -0.2) is 0 Å². The van der Waals surface area contributed by atoms with Gasteiger partial charge in [-0.1, -0.05) is 0 Å². The molecule has 3 heteroatoms. The average molecular weight is 164 g/mol. The summed E-state index contributed by atoms with van der Waals surface area (Å²) in [5.41, 5.74) is -1.24. The molecule has 0 aromatic carbocycles. The second kappa shape index (κ2) is 4.70. The molecule has 0 fully saturated rings. The van der Waals surface area contributed by atoms with Gasteiger partial charge in [-0.3, -0.25) is 0 Å². The number of hydrogen-bond donors (Lipinski definition) is 2. The maximum Gasteiger partial charge on any atom is 0.0902 e. The van der Waals surface area contributed by atoms with Gasteiger partial charge in [0.1, 0.15) is 0 Å². The number of methoxy groups -OCH3 is 1. The largest absolute Gasteiger partial charge is 0.400 e.